The third kappa shape index (κ3) is 3.30. The van der Waals surface area contributed by atoms with Crippen molar-refractivity contribution in [3.8, 4) is 5.88 Å². The number of ether oxygens (including phenoxy) is 1. The first-order chi connectivity index (χ1) is 9.81. The lowest BCUT2D eigenvalue weighted by Crippen LogP contribution is -2.56. The zero-order valence-electron chi connectivity index (χ0n) is 11.8. The summed E-state index contributed by atoms with van der Waals surface area (Å²) in [4.78, 5) is 18.1. The summed E-state index contributed by atoms with van der Waals surface area (Å²) in [6.45, 7) is 1.42. The number of rotatable bonds is 5. The van der Waals surface area contributed by atoms with Gasteiger partial charge in [-0.25, -0.2) is 4.98 Å². The van der Waals surface area contributed by atoms with Crippen molar-refractivity contribution in [1.29, 1.82) is 0 Å². The van der Waals surface area contributed by atoms with Crippen LogP contribution in [0.5, 0.6) is 5.88 Å². The first-order valence-electron chi connectivity index (χ1n) is 7.67. The van der Waals surface area contributed by atoms with Crippen molar-refractivity contribution in [2.75, 3.05) is 13.1 Å². The van der Waals surface area contributed by atoms with Gasteiger partial charge in [0.2, 0.25) is 11.8 Å². The van der Waals surface area contributed by atoms with Gasteiger partial charge in [-0.15, -0.1) is 0 Å². The SMILES string of the molecule is O=C(CCC1CCCC1)N1CC(Oc2ccccn2)C1. The largest absolute Gasteiger partial charge is 0.471 e. The minimum absolute atomic E-state index is 0.111. The summed E-state index contributed by atoms with van der Waals surface area (Å²) < 4.78 is 5.70. The van der Waals surface area contributed by atoms with E-state index < -0.39 is 0 Å². The Kier molecular flexibility index (Phi) is 4.19. The van der Waals surface area contributed by atoms with Crippen molar-refractivity contribution in [2.45, 2.75) is 44.6 Å². The molecule has 1 saturated carbocycles. The fourth-order valence-electron chi connectivity index (χ4n) is 3.09. The van der Waals surface area contributed by atoms with E-state index in [0.717, 1.165) is 12.3 Å². The lowest BCUT2D eigenvalue weighted by atomic mass is 10.0. The molecule has 108 valence electrons. The van der Waals surface area contributed by atoms with Crippen molar-refractivity contribution in [2.24, 2.45) is 5.92 Å². The molecule has 1 aromatic heterocycles. The smallest absolute Gasteiger partial charge is 0.222 e. The molecule has 0 unspecified atom stereocenters. The first kappa shape index (κ1) is 13.4. The molecule has 4 heteroatoms. The Balaban J connectivity index is 1.35. The van der Waals surface area contributed by atoms with Gasteiger partial charge < -0.3 is 9.64 Å². The van der Waals surface area contributed by atoms with Gasteiger partial charge in [0.25, 0.3) is 0 Å². The summed E-state index contributed by atoms with van der Waals surface area (Å²) in [7, 11) is 0. The number of nitrogens with zero attached hydrogens (tertiary/aromatic N) is 2. The molecular formula is C16H22N2O2. The zero-order chi connectivity index (χ0) is 13.8. The predicted molar refractivity (Wildman–Crippen MR) is 76.4 cm³/mol. The summed E-state index contributed by atoms with van der Waals surface area (Å²) >= 11 is 0. The molecule has 0 spiro atoms. The van der Waals surface area contributed by atoms with Gasteiger partial charge in [-0.2, -0.15) is 0 Å². The van der Waals surface area contributed by atoms with E-state index in [9.17, 15) is 4.79 Å². The van der Waals surface area contributed by atoms with Gasteiger partial charge in [0, 0.05) is 18.7 Å². The zero-order valence-corrected chi connectivity index (χ0v) is 11.8. The summed E-state index contributed by atoms with van der Waals surface area (Å²) in [6.07, 6.45) is 8.95. The first-order valence-corrected chi connectivity index (χ1v) is 7.67. The topological polar surface area (TPSA) is 42.4 Å². The molecule has 1 saturated heterocycles. The van der Waals surface area contributed by atoms with Gasteiger partial charge in [0.05, 0.1) is 13.1 Å². The molecule has 1 amide bonds. The minimum atomic E-state index is 0.111. The molecule has 3 rings (SSSR count). The molecule has 0 atom stereocenters. The number of amides is 1. The highest BCUT2D eigenvalue weighted by atomic mass is 16.5. The third-order valence-corrected chi connectivity index (χ3v) is 4.37. The number of pyridine rings is 1. The molecule has 0 aromatic carbocycles. The molecule has 0 radical (unpaired) electrons. The number of likely N-dealkylation sites (tertiary alicyclic amines) is 1. The highest BCUT2D eigenvalue weighted by Gasteiger charge is 2.32. The monoisotopic (exact) mass is 274 g/mol. The number of aromatic nitrogens is 1. The molecule has 4 nitrogen and oxygen atoms in total. The molecule has 1 aromatic rings. The molecule has 2 aliphatic rings. The van der Waals surface area contributed by atoms with E-state index in [0.29, 0.717) is 25.4 Å². The van der Waals surface area contributed by atoms with Gasteiger partial charge in [0.15, 0.2) is 0 Å². The Bertz CT molecular complexity index is 437. The molecule has 0 bridgehead atoms. The number of hydrogen-bond acceptors (Lipinski definition) is 3. The van der Waals surface area contributed by atoms with Crippen molar-refractivity contribution >= 4 is 5.91 Å². The van der Waals surface area contributed by atoms with Crippen LogP contribution in [0.1, 0.15) is 38.5 Å². The Morgan fingerprint density at radius 2 is 2.10 bits per heavy atom. The van der Waals surface area contributed by atoms with Gasteiger partial charge in [-0.1, -0.05) is 31.7 Å². The average Bonchev–Trinajstić information content (AvgIpc) is 2.94. The van der Waals surface area contributed by atoms with Crippen molar-refractivity contribution < 1.29 is 9.53 Å². The molecule has 1 aliphatic heterocycles. The van der Waals surface area contributed by atoms with Crippen LogP contribution in [-0.4, -0.2) is 35.0 Å². The van der Waals surface area contributed by atoms with E-state index in [1.165, 1.54) is 25.7 Å². The fraction of sp³-hybridized carbons (Fsp3) is 0.625. The number of hydrogen-bond donors (Lipinski definition) is 0. The van der Waals surface area contributed by atoms with Crippen LogP contribution in [0, 0.1) is 5.92 Å². The molecule has 2 heterocycles. The van der Waals surface area contributed by atoms with Gasteiger partial charge in [-0.05, 0) is 18.4 Å². The molecule has 20 heavy (non-hydrogen) atoms. The third-order valence-electron chi connectivity index (χ3n) is 4.37. The minimum Gasteiger partial charge on any atom is -0.471 e. The maximum Gasteiger partial charge on any atom is 0.222 e. The van der Waals surface area contributed by atoms with Crippen LogP contribution in [0.4, 0.5) is 0 Å². The molecule has 1 aliphatic carbocycles. The molecular weight excluding hydrogens is 252 g/mol. The van der Waals surface area contributed by atoms with Crippen LogP contribution in [0.2, 0.25) is 0 Å². The Labute approximate surface area is 120 Å². The summed E-state index contributed by atoms with van der Waals surface area (Å²) in [6, 6.07) is 5.63. The maximum absolute atomic E-state index is 12.0. The van der Waals surface area contributed by atoms with Crippen molar-refractivity contribution in [3.05, 3.63) is 24.4 Å². The van der Waals surface area contributed by atoms with Crippen molar-refractivity contribution in [3.63, 3.8) is 0 Å². The van der Waals surface area contributed by atoms with Crippen LogP contribution in [0.15, 0.2) is 24.4 Å². The summed E-state index contributed by atoms with van der Waals surface area (Å²) in [5, 5.41) is 0. The predicted octanol–water partition coefficient (Wildman–Crippen LogP) is 2.64. The normalized spacial score (nSPS) is 19.9. The van der Waals surface area contributed by atoms with Crippen molar-refractivity contribution in [1.82, 2.24) is 9.88 Å². The number of carbonyl (C=O) groups excluding carboxylic acids is 1. The number of carbonyl (C=O) groups is 1. The van der Waals surface area contributed by atoms with Crippen LogP contribution in [0.3, 0.4) is 0 Å². The van der Waals surface area contributed by atoms with E-state index in [1.54, 1.807) is 6.20 Å². The fourth-order valence-corrected chi connectivity index (χ4v) is 3.09. The Morgan fingerprint density at radius 1 is 1.30 bits per heavy atom. The van der Waals surface area contributed by atoms with E-state index in [1.807, 2.05) is 23.1 Å². The lowest BCUT2D eigenvalue weighted by molar-refractivity contribution is -0.140. The molecule has 0 N–H and O–H groups in total. The maximum atomic E-state index is 12.0. The van der Waals surface area contributed by atoms with Gasteiger partial charge in [-0.3, -0.25) is 4.79 Å². The van der Waals surface area contributed by atoms with E-state index in [-0.39, 0.29) is 12.0 Å². The molecule has 2 fully saturated rings. The van der Waals surface area contributed by atoms with E-state index in [2.05, 4.69) is 4.98 Å². The highest BCUT2D eigenvalue weighted by Crippen LogP contribution is 2.29. The Morgan fingerprint density at radius 3 is 2.80 bits per heavy atom. The van der Waals surface area contributed by atoms with Crippen LogP contribution in [0.25, 0.3) is 0 Å². The second-order valence-corrected chi connectivity index (χ2v) is 5.90. The van der Waals surface area contributed by atoms with E-state index in [4.69, 9.17) is 4.74 Å². The second kappa shape index (κ2) is 6.25. The lowest BCUT2D eigenvalue weighted by Gasteiger charge is -2.38. The second-order valence-electron chi connectivity index (χ2n) is 5.90. The summed E-state index contributed by atoms with van der Waals surface area (Å²) in [5.74, 6) is 1.73. The van der Waals surface area contributed by atoms with Crippen LogP contribution in [-0.2, 0) is 4.79 Å². The van der Waals surface area contributed by atoms with Gasteiger partial charge in [0.1, 0.15) is 6.10 Å². The Hall–Kier alpha value is -1.58. The van der Waals surface area contributed by atoms with Crippen LogP contribution < -0.4 is 4.74 Å². The quantitative estimate of drug-likeness (QED) is 0.829. The summed E-state index contributed by atoms with van der Waals surface area (Å²) in [5.41, 5.74) is 0. The van der Waals surface area contributed by atoms with Gasteiger partial charge >= 0.3 is 0 Å². The highest BCUT2D eigenvalue weighted by molar-refractivity contribution is 5.77. The van der Waals surface area contributed by atoms with E-state index >= 15 is 0 Å². The average molecular weight is 274 g/mol. The van der Waals surface area contributed by atoms with Crippen LogP contribution >= 0.6 is 0 Å². The standard InChI is InChI=1S/C16H22N2O2/c19-16(9-8-13-5-1-2-6-13)18-11-14(12-18)20-15-7-3-4-10-17-15/h3-4,7,10,13-14H,1-2,5-6,8-9,11-12H2.